The van der Waals surface area contributed by atoms with Crippen LogP contribution in [0.1, 0.15) is 39.5 Å². The molecule has 0 bridgehead atoms. The number of halogens is 3. The van der Waals surface area contributed by atoms with Crippen LogP contribution in [0.5, 0.6) is 0 Å². The molecule has 18 heavy (non-hydrogen) atoms. The predicted octanol–water partition coefficient (Wildman–Crippen LogP) is 3.04. The van der Waals surface area contributed by atoms with Crippen molar-refractivity contribution in [3.05, 3.63) is 0 Å². The van der Waals surface area contributed by atoms with Gasteiger partial charge in [0, 0.05) is 19.0 Å². The molecule has 5 heteroatoms. The molecule has 1 saturated heterocycles. The number of rotatable bonds is 6. The lowest BCUT2D eigenvalue weighted by molar-refractivity contribution is -0.135. The number of alkyl halides is 3. The lowest BCUT2D eigenvalue weighted by Gasteiger charge is -2.37. The number of likely N-dealkylation sites (tertiary alicyclic amines) is 1. The molecule has 1 aliphatic rings. The third-order valence-corrected chi connectivity index (χ3v) is 3.64. The van der Waals surface area contributed by atoms with Gasteiger partial charge in [0.1, 0.15) is 0 Å². The van der Waals surface area contributed by atoms with Crippen LogP contribution in [0.25, 0.3) is 0 Å². The van der Waals surface area contributed by atoms with E-state index < -0.39 is 12.6 Å². The van der Waals surface area contributed by atoms with E-state index >= 15 is 0 Å². The minimum Gasteiger partial charge on any atom is -0.314 e. The first-order valence-electron chi connectivity index (χ1n) is 6.95. The first-order valence-corrected chi connectivity index (χ1v) is 6.95. The molecular formula is C13H25F3N2. The minimum absolute atomic E-state index is 0.255. The van der Waals surface area contributed by atoms with E-state index in [1.165, 1.54) is 0 Å². The van der Waals surface area contributed by atoms with Crippen LogP contribution in [-0.4, -0.2) is 43.3 Å². The number of nitrogens with zero attached hydrogens (tertiary/aromatic N) is 1. The topological polar surface area (TPSA) is 15.3 Å². The Labute approximate surface area is 108 Å². The summed E-state index contributed by atoms with van der Waals surface area (Å²) in [4.78, 5) is 2.30. The summed E-state index contributed by atoms with van der Waals surface area (Å²) in [5, 5.41) is 3.47. The molecule has 1 heterocycles. The van der Waals surface area contributed by atoms with E-state index in [2.05, 4.69) is 24.1 Å². The SMILES string of the molecule is CCNC1CCN(CCCCC(F)(F)F)CC1C. The van der Waals surface area contributed by atoms with Crippen LogP contribution in [0.15, 0.2) is 0 Å². The molecule has 0 saturated carbocycles. The summed E-state index contributed by atoms with van der Waals surface area (Å²) in [5.41, 5.74) is 0. The van der Waals surface area contributed by atoms with Gasteiger partial charge in [0.05, 0.1) is 0 Å². The van der Waals surface area contributed by atoms with Gasteiger partial charge in [0.25, 0.3) is 0 Å². The summed E-state index contributed by atoms with van der Waals surface area (Å²) in [5.74, 6) is 0.585. The predicted molar refractivity (Wildman–Crippen MR) is 67.6 cm³/mol. The monoisotopic (exact) mass is 266 g/mol. The smallest absolute Gasteiger partial charge is 0.314 e. The Balaban J connectivity index is 2.14. The molecule has 0 aliphatic carbocycles. The maximum atomic E-state index is 12.0. The summed E-state index contributed by atoms with van der Waals surface area (Å²) in [6, 6.07) is 0.571. The van der Waals surface area contributed by atoms with Crippen molar-refractivity contribution in [1.82, 2.24) is 10.2 Å². The number of unbranched alkanes of at least 4 members (excludes halogenated alkanes) is 1. The second-order valence-corrected chi connectivity index (χ2v) is 5.30. The first kappa shape index (κ1) is 15.8. The average Bonchev–Trinajstić information content (AvgIpc) is 2.27. The molecular weight excluding hydrogens is 241 g/mol. The third kappa shape index (κ3) is 6.05. The van der Waals surface area contributed by atoms with Gasteiger partial charge >= 0.3 is 6.18 Å². The molecule has 0 aromatic carbocycles. The second-order valence-electron chi connectivity index (χ2n) is 5.30. The maximum absolute atomic E-state index is 12.0. The van der Waals surface area contributed by atoms with Crippen LogP contribution in [0.3, 0.4) is 0 Å². The molecule has 2 nitrogen and oxygen atoms in total. The fourth-order valence-corrected chi connectivity index (χ4v) is 2.66. The standard InChI is InChI=1S/C13H25F3N2/c1-3-17-12-6-9-18(10-11(12)2)8-5-4-7-13(14,15)16/h11-12,17H,3-10H2,1-2H3. The number of nitrogens with one attached hydrogen (secondary N) is 1. The van der Waals surface area contributed by atoms with E-state index in [4.69, 9.17) is 0 Å². The highest BCUT2D eigenvalue weighted by Crippen LogP contribution is 2.23. The van der Waals surface area contributed by atoms with E-state index in [1.807, 2.05) is 0 Å². The van der Waals surface area contributed by atoms with E-state index in [0.717, 1.165) is 32.6 Å². The Kier molecular flexibility index (Phi) is 6.43. The van der Waals surface area contributed by atoms with E-state index in [-0.39, 0.29) is 6.42 Å². The molecule has 1 N–H and O–H groups in total. The van der Waals surface area contributed by atoms with Gasteiger partial charge in [-0.2, -0.15) is 13.2 Å². The minimum atomic E-state index is -3.99. The van der Waals surface area contributed by atoms with Gasteiger partial charge in [-0.3, -0.25) is 0 Å². The largest absolute Gasteiger partial charge is 0.389 e. The highest BCUT2D eigenvalue weighted by molar-refractivity contribution is 4.82. The van der Waals surface area contributed by atoms with Gasteiger partial charge < -0.3 is 10.2 Å². The zero-order valence-electron chi connectivity index (χ0n) is 11.4. The van der Waals surface area contributed by atoms with Crippen molar-refractivity contribution in [1.29, 1.82) is 0 Å². The van der Waals surface area contributed by atoms with Crippen LogP contribution >= 0.6 is 0 Å². The average molecular weight is 266 g/mol. The Morgan fingerprint density at radius 2 is 2.00 bits per heavy atom. The van der Waals surface area contributed by atoms with Crippen LogP contribution in [0.4, 0.5) is 13.2 Å². The Bertz CT molecular complexity index is 231. The molecule has 0 amide bonds. The van der Waals surface area contributed by atoms with Crippen LogP contribution in [-0.2, 0) is 0 Å². The normalized spacial score (nSPS) is 26.5. The molecule has 1 rings (SSSR count). The molecule has 0 radical (unpaired) electrons. The highest BCUT2D eigenvalue weighted by atomic mass is 19.4. The van der Waals surface area contributed by atoms with Crippen LogP contribution < -0.4 is 5.32 Å². The Hall–Kier alpha value is -0.290. The zero-order chi connectivity index (χ0) is 13.6. The van der Waals surface area contributed by atoms with Gasteiger partial charge in [-0.15, -0.1) is 0 Å². The second kappa shape index (κ2) is 7.34. The molecule has 1 aliphatic heterocycles. The lowest BCUT2D eigenvalue weighted by atomic mass is 9.93. The van der Waals surface area contributed by atoms with Crippen molar-refractivity contribution in [2.45, 2.75) is 51.7 Å². The van der Waals surface area contributed by atoms with Crippen molar-refractivity contribution in [2.24, 2.45) is 5.92 Å². The van der Waals surface area contributed by atoms with Crippen molar-refractivity contribution in [3.8, 4) is 0 Å². The van der Waals surface area contributed by atoms with Crippen molar-refractivity contribution in [2.75, 3.05) is 26.2 Å². The fraction of sp³-hybridized carbons (Fsp3) is 1.00. The summed E-state index contributed by atoms with van der Waals surface area (Å²) in [7, 11) is 0. The molecule has 1 fully saturated rings. The summed E-state index contributed by atoms with van der Waals surface area (Å²) < 4.78 is 36.0. The van der Waals surface area contributed by atoms with Gasteiger partial charge in [0.15, 0.2) is 0 Å². The zero-order valence-corrected chi connectivity index (χ0v) is 11.4. The summed E-state index contributed by atoms with van der Waals surface area (Å²) >= 11 is 0. The van der Waals surface area contributed by atoms with Crippen LogP contribution in [0.2, 0.25) is 0 Å². The maximum Gasteiger partial charge on any atom is 0.389 e. The Morgan fingerprint density at radius 3 is 2.56 bits per heavy atom. The van der Waals surface area contributed by atoms with E-state index in [9.17, 15) is 13.2 Å². The van der Waals surface area contributed by atoms with Gasteiger partial charge in [-0.25, -0.2) is 0 Å². The molecule has 2 atom stereocenters. The van der Waals surface area contributed by atoms with Gasteiger partial charge in [0.2, 0.25) is 0 Å². The number of piperidine rings is 1. The lowest BCUT2D eigenvalue weighted by Crippen LogP contribution is -2.48. The van der Waals surface area contributed by atoms with Crippen molar-refractivity contribution < 1.29 is 13.2 Å². The van der Waals surface area contributed by atoms with E-state index in [1.54, 1.807) is 0 Å². The van der Waals surface area contributed by atoms with E-state index in [0.29, 0.717) is 18.4 Å². The fourth-order valence-electron chi connectivity index (χ4n) is 2.66. The van der Waals surface area contributed by atoms with Gasteiger partial charge in [-0.1, -0.05) is 13.8 Å². The van der Waals surface area contributed by atoms with Gasteiger partial charge in [-0.05, 0) is 44.8 Å². The van der Waals surface area contributed by atoms with Crippen molar-refractivity contribution >= 4 is 0 Å². The summed E-state index contributed by atoms with van der Waals surface area (Å²) in [6.45, 7) is 8.13. The molecule has 2 unspecified atom stereocenters. The Morgan fingerprint density at radius 1 is 1.28 bits per heavy atom. The highest BCUT2D eigenvalue weighted by Gasteiger charge is 2.27. The molecule has 0 aromatic rings. The molecule has 108 valence electrons. The summed E-state index contributed by atoms with van der Waals surface area (Å²) in [6.07, 6.45) is -2.63. The number of hydrogen-bond acceptors (Lipinski definition) is 2. The molecule has 0 spiro atoms. The quantitative estimate of drug-likeness (QED) is 0.743. The van der Waals surface area contributed by atoms with Crippen molar-refractivity contribution in [3.63, 3.8) is 0 Å². The molecule has 0 aromatic heterocycles. The first-order chi connectivity index (χ1) is 8.42. The number of hydrogen-bond donors (Lipinski definition) is 1. The van der Waals surface area contributed by atoms with Crippen LogP contribution in [0, 0.1) is 5.92 Å². The third-order valence-electron chi connectivity index (χ3n) is 3.64.